The molecule has 6 heteroatoms. The zero-order chi connectivity index (χ0) is 20.8. The van der Waals surface area contributed by atoms with Crippen LogP contribution in [0.4, 0.5) is 0 Å². The molecule has 0 aliphatic carbocycles. The van der Waals surface area contributed by atoms with Gasteiger partial charge >= 0.3 is 0 Å². The third-order valence-electron chi connectivity index (χ3n) is 5.34. The average Bonchev–Trinajstić information content (AvgIpc) is 3.30. The number of ether oxygens (including phenoxy) is 1. The molecule has 0 bridgehead atoms. The molecule has 0 atom stereocenters. The van der Waals surface area contributed by atoms with Crippen molar-refractivity contribution in [1.82, 2.24) is 14.5 Å². The van der Waals surface area contributed by atoms with Crippen LogP contribution in [0.2, 0.25) is 5.02 Å². The van der Waals surface area contributed by atoms with Crippen LogP contribution < -0.4 is 4.74 Å². The lowest BCUT2D eigenvalue weighted by atomic mass is 10.0. The van der Waals surface area contributed by atoms with Gasteiger partial charge in [0.15, 0.2) is 0 Å². The number of nitrogens with one attached hydrogen (secondary N) is 1. The fourth-order valence-electron chi connectivity index (χ4n) is 3.65. The Bertz CT molecular complexity index is 1430. The Morgan fingerprint density at radius 1 is 1.10 bits per heavy atom. The van der Waals surface area contributed by atoms with E-state index >= 15 is 0 Å². The lowest BCUT2D eigenvalue weighted by Crippen LogP contribution is -1.90. The Morgan fingerprint density at radius 3 is 2.80 bits per heavy atom. The van der Waals surface area contributed by atoms with Gasteiger partial charge in [-0.15, -0.1) is 0 Å². The standard InChI is InChI=1S/C24H18ClN3O2/c1-14-3-5-18(10-17(14)13-29)30-24-26-21-11-19(20(25)12-22(21)27-24)15-4-6-23-16(9-15)7-8-28(23)2/h3-13H,1-2H3,(H,26,27). The molecule has 0 aliphatic rings. The zero-order valence-corrected chi connectivity index (χ0v) is 17.2. The monoisotopic (exact) mass is 415 g/mol. The summed E-state index contributed by atoms with van der Waals surface area (Å²) in [7, 11) is 2.03. The number of aromatic nitrogens is 3. The number of nitrogens with zero attached hydrogens (tertiary/aromatic N) is 2. The highest BCUT2D eigenvalue weighted by Gasteiger charge is 2.12. The van der Waals surface area contributed by atoms with Crippen molar-refractivity contribution >= 4 is 39.8 Å². The quantitative estimate of drug-likeness (QED) is 0.351. The van der Waals surface area contributed by atoms with E-state index in [1.807, 2.05) is 44.4 Å². The predicted molar refractivity (Wildman–Crippen MR) is 120 cm³/mol. The summed E-state index contributed by atoms with van der Waals surface area (Å²) in [6, 6.07) is 17.9. The molecule has 3 aromatic carbocycles. The first-order valence-electron chi connectivity index (χ1n) is 9.50. The number of carbonyl (C=O) groups excluding carboxylic acids is 1. The molecule has 5 aromatic rings. The van der Waals surface area contributed by atoms with E-state index in [2.05, 4.69) is 38.8 Å². The molecular formula is C24H18ClN3O2. The minimum Gasteiger partial charge on any atom is -0.426 e. The lowest BCUT2D eigenvalue weighted by Gasteiger charge is -2.06. The Kier molecular flexibility index (Phi) is 4.33. The van der Waals surface area contributed by atoms with E-state index in [9.17, 15) is 4.79 Å². The smallest absolute Gasteiger partial charge is 0.300 e. The van der Waals surface area contributed by atoms with E-state index in [-0.39, 0.29) is 0 Å². The van der Waals surface area contributed by atoms with Gasteiger partial charge in [-0.2, -0.15) is 4.98 Å². The summed E-state index contributed by atoms with van der Waals surface area (Å²) in [6.45, 7) is 1.88. The van der Waals surface area contributed by atoms with E-state index < -0.39 is 0 Å². The summed E-state index contributed by atoms with van der Waals surface area (Å²) in [5.41, 5.74) is 6.12. The van der Waals surface area contributed by atoms with Crippen LogP contribution in [-0.4, -0.2) is 20.8 Å². The largest absolute Gasteiger partial charge is 0.426 e. The van der Waals surface area contributed by atoms with E-state index in [1.165, 1.54) is 5.52 Å². The second-order valence-corrected chi connectivity index (χ2v) is 7.74. The minimum absolute atomic E-state index is 0.345. The Morgan fingerprint density at radius 2 is 1.97 bits per heavy atom. The topological polar surface area (TPSA) is 59.9 Å². The van der Waals surface area contributed by atoms with Crippen molar-refractivity contribution in [2.75, 3.05) is 0 Å². The molecule has 148 valence electrons. The molecule has 1 N–H and O–H groups in total. The van der Waals surface area contributed by atoms with Crippen molar-refractivity contribution in [1.29, 1.82) is 0 Å². The lowest BCUT2D eigenvalue weighted by molar-refractivity contribution is 0.112. The van der Waals surface area contributed by atoms with E-state index in [0.717, 1.165) is 39.4 Å². The maximum atomic E-state index is 11.2. The van der Waals surface area contributed by atoms with Crippen molar-refractivity contribution in [2.45, 2.75) is 6.92 Å². The number of benzene rings is 3. The van der Waals surface area contributed by atoms with Gasteiger partial charge in [-0.3, -0.25) is 4.79 Å². The molecule has 0 spiro atoms. The second-order valence-electron chi connectivity index (χ2n) is 7.33. The van der Waals surface area contributed by atoms with Crippen LogP contribution in [0.5, 0.6) is 11.8 Å². The van der Waals surface area contributed by atoms with Gasteiger partial charge in [-0.25, -0.2) is 0 Å². The molecule has 5 rings (SSSR count). The third kappa shape index (κ3) is 3.13. The van der Waals surface area contributed by atoms with Crippen LogP contribution >= 0.6 is 11.6 Å². The molecule has 0 amide bonds. The van der Waals surface area contributed by atoms with Crippen molar-refractivity contribution in [2.24, 2.45) is 7.05 Å². The van der Waals surface area contributed by atoms with Crippen LogP contribution in [0.1, 0.15) is 15.9 Å². The molecular weight excluding hydrogens is 398 g/mol. The van der Waals surface area contributed by atoms with Crippen LogP contribution in [0.15, 0.2) is 60.8 Å². The number of hydrogen-bond donors (Lipinski definition) is 1. The van der Waals surface area contributed by atoms with Crippen molar-refractivity contribution in [3.63, 3.8) is 0 Å². The van der Waals surface area contributed by atoms with Crippen molar-refractivity contribution in [3.8, 4) is 22.9 Å². The summed E-state index contributed by atoms with van der Waals surface area (Å²) in [6.07, 6.45) is 2.86. The molecule has 2 heterocycles. The number of H-pyrrole nitrogens is 1. The first kappa shape index (κ1) is 18.5. The molecule has 5 nitrogen and oxygen atoms in total. The second kappa shape index (κ2) is 7.04. The Labute approximate surface area is 177 Å². The number of fused-ring (bicyclic) bond motifs is 2. The first-order valence-corrected chi connectivity index (χ1v) is 9.88. The number of halogens is 1. The fourth-order valence-corrected chi connectivity index (χ4v) is 3.92. The van der Waals surface area contributed by atoms with Crippen LogP contribution in [-0.2, 0) is 7.05 Å². The van der Waals surface area contributed by atoms with Gasteiger partial charge in [-0.05, 0) is 60.5 Å². The molecule has 0 saturated heterocycles. The summed E-state index contributed by atoms with van der Waals surface area (Å²) in [4.78, 5) is 18.9. The number of aromatic amines is 1. The predicted octanol–water partition coefficient (Wildman–Crippen LogP) is 6.29. The maximum Gasteiger partial charge on any atom is 0.300 e. The van der Waals surface area contributed by atoms with Gasteiger partial charge in [0.25, 0.3) is 6.01 Å². The summed E-state index contributed by atoms with van der Waals surface area (Å²) in [5.74, 6) is 0.544. The van der Waals surface area contributed by atoms with Gasteiger partial charge in [0.1, 0.15) is 12.0 Å². The SMILES string of the molecule is Cc1ccc(Oc2nc3cc(-c4ccc5c(ccn5C)c4)c(Cl)cc3[nH]2)cc1C=O. The molecule has 0 aliphatic heterocycles. The molecule has 2 aromatic heterocycles. The molecule has 0 saturated carbocycles. The summed E-state index contributed by atoms with van der Waals surface area (Å²) >= 11 is 6.59. The van der Waals surface area contributed by atoms with Crippen LogP contribution in [0, 0.1) is 6.92 Å². The normalized spacial score (nSPS) is 11.3. The highest BCUT2D eigenvalue weighted by Crippen LogP contribution is 2.34. The number of carbonyl (C=O) groups is 1. The minimum atomic E-state index is 0.345. The number of hydrogen-bond acceptors (Lipinski definition) is 3. The van der Waals surface area contributed by atoms with Gasteiger partial charge < -0.3 is 14.3 Å². The van der Waals surface area contributed by atoms with E-state index in [1.54, 1.807) is 6.07 Å². The summed E-state index contributed by atoms with van der Waals surface area (Å²) < 4.78 is 7.92. The van der Waals surface area contributed by atoms with Crippen LogP contribution in [0.25, 0.3) is 33.1 Å². The molecule has 0 unspecified atom stereocenters. The third-order valence-corrected chi connectivity index (χ3v) is 5.65. The van der Waals surface area contributed by atoms with Gasteiger partial charge in [0.05, 0.1) is 16.1 Å². The number of imidazole rings is 1. The number of rotatable bonds is 4. The molecule has 0 fully saturated rings. The zero-order valence-electron chi connectivity index (χ0n) is 16.4. The van der Waals surface area contributed by atoms with Gasteiger partial charge in [0.2, 0.25) is 0 Å². The first-order chi connectivity index (χ1) is 14.5. The summed E-state index contributed by atoms with van der Waals surface area (Å²) in [5, 5.41) is 1.79. The van der Waals surface area contributed by atoms with E-state index in [4.69, 9.17) is 16.3 Å². The number of aldehydes is 1. The molecule has 30 heavy (non-hydrogen) atoms. The van der Waals surface area contributed by atoms with Crippen molar-refractivity contribution < 1.29 is 9.53 Å². The number of aryl methyl sites for hydroxylation is 2. The maximum absolute atomic E-state index is 11.2. The van der Waals surface area contributed by atoms with Gasteiger partial charge in [-0.1, -0.05) is 23.7 Å². The highest BCUT2D eigenvalue weighted by molar-refractivity contribution is 6.34. The molecule has 0 radical (unpaired) electrons. The van der Waals surface area contributed by atoms with Crippen LogP contribution in [0.3, 0.4) is 0 Å². The Balaban J connectivity index is 1.53. The van der Waals surface area contributed by atoms with Crippen molar-refractivity contribution in [3.05, 3.63) is 76.9 Å². The van der Waals surface area contributed by atoms with E-state index in [0.29, 0.717) is 22.3 Å². The average molecular weight is 416 g/mol. The Hall–Kier alpha value is -3.57. The van der Waals surface area contributed by atoms with Gasteiger partial charge in [0, 0.05) is 35.3 Å². The highest BCUT2D eigenvalue weighted by atomic mass is 35.5. The fraction of sp³-hybridized carbons (Fsp3) is 0.0833.